The molecule has 2 N–H and O–H groups in total. The van der Waals surface area contributed by atoms with Gasteiger partial charge in [-0.3, -0.25) is 4.79 Å². The Balaban J connectivity index is 2.30. The highest BCUT2D eigenvalue weighted by atomic mass is 35.5. The van der Waals surface area contributed by atoms with Crippen LogP contribution in [0.1, 0.15) is 11.1 Å². The minimum Gasteiger partial charge on any atom is -0.495 e. The molecule has 98 valence electrons. The molecule has 1 amide bonds. The van der Waals surface area contributed by atoms with Crippen LogP contribution in [0.25, 0.3) is 0 Å². The fourth-order valence-corrected chi connectivity index (χ4v) is 2.09. The summed E-state index contributed by atoms with van der Waals surface area (Å²) in [5.74, 6) is 0.694. The number of aryl methyl sites for hydroxylation is 1. The number of halogens is 1. The number of hydrogen-bond donors (Lipinski definition) is 2. The monoisotopic (exact) mass is 268 g/mol. The maximum Gasteiger partial charge on any atom is 0.230 e. The molecule has 0 saturated carbocycles. The standard InChI is InChI=1S/C13H17ClN2O2/c1-7-4-10(18-3)12(8(2)11(7)14)16-13(17)9-5-15-6-9/h4,9,15H,5-6H2,1-3H3,(H,16,17). The zero-order chi connectivity index (χ0) is 13.3. The largest absolute Gasteiger partial charge is 0.495 e. The maximum absolute atomic E-state index is 12.0. The Bertz CT molecular complexity index is 484. The summed E-state index contributed by atoms with van der Waals surface area (Å²) in [6.07, 6.45) is 0. The van der Waals surface area contributed by atoms with Crippen LogP contribution in [0, 0.1) is 19.8 Å². The van der Waals surface area contributed by atoms with Crippen LogP contribution in [0.15, 0.2) is 6.07 Å². The Hall–Kier alpha value is -1.26. The highest BCUT2D eigenvalue weighted by Crippen LogP contribution is 2.36. The first-order valence-electron chi connectivity index (χ1n) is 5.90. The normalized spacial score (nSPS) is 15.1. The Morgan fingerprint density at radius 3 is 2.67 bits per heavy atom. The minimum atomic E-state index is 0.00932. The number of methoxy groups -OCH3 is 1. The molecule has 0 atom stereocenters. The van der Waals surface area contributed by atoms with Crippen molar-refractivity contribution in [2.75, 3.05) is 25.5 Å². The molecular formula is C13H17ClN2O2. The van der Waals surface area contributed by atoms with Crippen LogP contribution < -0.4 is 15.4 Å². The van der Waals surface area contributed by atoms with Gasteiger partial charge < -0.3 is 15.4 Å². The van der Waals surface area contributed by atoms with E-state index in [1.165, 1.54) is 0 Å². The number of amides is 1. The average molecular weight is 269 g/mol. The zero-order valence-electron chi connectivity index (χ0n) is 10.8. The summed E-state index contributed by atoms with van der Waals surface area (Å²) in [7, 11) is 1.59. The van der Waals surface area contributed by atoms with Gasteiger partial charge >= 0.3 is 0 Å². The fraction of sp³-hybridized carbons (Fsp3) is 0.462. The third kappa shape index (κ3) is 2.31. The van der Waals surface area contributed by atoms with E-state index < -0.39 is 0 Å². The molecule has 1 heterocycles. The molecule has 5 heteroatoms. The van der Waals surface area contributed by atoms with E-state index in [9.17, 15) is 4.79 Å². The number of rotatable bonds is 3. The van der Waals surface area contributed by atoms with E-state index in [0.29, 0.717) is 16.5 Å². The Morgan fingerprint density at radius 1 is 1.50 bits per heavy atom. The Kier molecular flexibility index (Phi) is 3.78. The molecule has 2 rings (SSSR count). The number of anilines is 1. The average Bonchev–Trinajstić information content (AvgIpc) is 2.27. The van der Waals surface area contributed by atoms with Gasteiger partial charge in [0.25, 0.3) is 0 Å². The van der Waals surface area contributed by atoms with Gasteiger partial charge in [-0.2, -0.15) is 0 Å². The summed E-state index contributed by atoms with van der Waals surface area (Å²) >= 11 is 6.20. The number of benzene rings is 1. The Labute approximate surface area is 112 Å². The lowest BCUT2D eigenvalue weighted by Gasteiger charge is -2.26. The van der Waals surface area contributed by atoms with Crippen LogP contribution in [0.2, 0.25) is 5.02 Å². The molecule has 0 radical (unpaired) electrons. The van der Waals surface area contributed by atoms with E-state index >= 15 is 0 Å². The lowest BCUT2D eigenvalue weighted by atomic mass is 10.0. The first-order valence-corrected chi connectivity index (χ1v) is 6.27. The zero-order valence-corrected chi connectivity index (χ0v) is 11.5. The summed E-state index contributed by atoms with van der Waals surface area (Å²) in [6, 6.07) is 1.84. The highest BCUT2D eigenvalue weighted by molar-refractivity contribution is 6.32. The molecule has 4 nitrogen and oxygen atoms in total. The van der Waals surface area contributed by atoms with Gasteiger partial charge in [-0.1, -0.05) is 11.6 Å². The van der Waals surface area contributed by atoms with Crippen molar-refractivity contribution in [3.63, 3.8) is 0 Å². The van der Waals surface area contributed by atoms with Crippen LogP contribution in [0.3, 0.4) is 0 Å². The molecule has 0 spiro atoms. The maximum atomic E-state index is 12.0. The number of hydrogen-bond acceptors (Lipinski definition) is 3. The van der Waals surface area contributed by atoms with Crippen LogP contribution in [-0.4, -0.2) is 26.1 Å². The van der Waals surface area contributed by atoms with Crippen molar-refractivity contribution in [2.24, 2.45) is 5.92 Å². The van der Waals surface area contributed by atoms with Gasteiger partial charge in [0, 0.05) is 18.1 Å². The van der Waals surface area contributed by atoms with Gasteiger partial charge in [0.1, 0.15) is 5.75 Å². The van der Waals surface area contributed by atoms with Crippen LogP contribution in [0.5, 0.6) is 5.75 Å². The molecule has 0 aromatic heterocycles. The lowest BCUT2D eigenvalue weighted by molar-refractivity contribution is -0.121. The summed E-state index contributed by atoms with van der Waals surface area (Å²) in [4.78, 5) is 12.0. The quantitative estimate of drug-likeness (QED) is 0.883. The number of ether oxygens (including phenoxy) is 1. The number of carbonyl (C=O) groups excluding carboxylic acids is 1. The topological polar surface area (TPSA) is 50.4 Å². The summed E-state index contributed by atoms with van der Waals surface area (Å²) in [6.45, 7) is 5.26. The van der Waals surface area contributed by atoms with Crippen LogP contribution in [0.4, 0.5) is 5.69 Å². The third-order valence-corrected chi connectivity index (χ3v) is 3.85. The molecule has 1 aromatic rings. The van der Waals surface area contributed by atoms with Crippen molar-refractivity contribution in [3.05, 3.63) is 22.2 Å². The van der Waals surface area contributed by atoms with Crippen molar-refractivity contribution < 1.29 is 9.53 Å². The molecule has 1 aromatic carbocycles. The second-order valence-corrected chi connectivity index (χ2v) is 4.93. The predicted molar refractivity (Wildman–Crippen MR) is 72.5 cm³/mol. The molecular weight excluding hydrogens is 252 g/mol. The first kappa shape index (κ1) is 13.2. The van der Waals surface area contributed by atoms with E-state index in [-0.39, 0.29) is 11.8 Å². The van der Waals surface area contributed by atoms with Crippen molar-refractivity contribution in [2.45, 2.75) is 13.8 Å². The smallest absolute Gasteiger partial charge is 0.230 e. The van der Waals surface area contributed by atoms with Crippen molar-refractivity contribution in [3.8, 4) is 5.75 Å². The van der Waals surface area contributed by atoms with Gasteiger partial charge in [0.2, 0.25) is 5.91 Å². The van der Waals surface area contributed by atoms with Gasteiger partial charge in [-0.25, -0.2) is 0 Å². The van der Waals surface area contributed by atoms with Crippen LogP contribution in [-0.2, 0) is 4.79 Å². The minimum absolute atomic E-state index is 0.00932. The van der Waals surface area contributed by atoms with Gasteiger partial charge in [0.15, 0.2) is 0 Å². The van der Waals surface area contributed by atoms with Crippen LogP contribution >= 0.6 is 11.6 Å². The molecule has 1 saturated heterocycles. The first-order chi connectivity index (χ1) is 8.54. The second kappa shape index (κ2) is 5.16. The molecule has 1 fully saturated rings. The van der Waals surface area contributed by atoms with E-state index in [1.807, 2.05) is 19.9 Å². The fourth-order valence-electron chi connectivity index (χ4n) is 1.94. The molecule has 0 unspecified atom stereocenters. The summed E-state index contributed by atoms with van der Waals surface area (Å²) in [5.41, 5.74) is 2.45. The van der Waals surface area contributed by atoms with E-state index in [1.54, 1.807) is 7.11 Å². The predicted octanol–water partition coefficient (Wildman–Crippen LogP) is 2.12. The van der Waals surface area contributed by atoms with E-state index in [0.717, 1.165) is 24.2 Å². The summed E-state index contributed by atoms with van der Waals surface area (Å²) < 4.78 is 5.31. The van der Waals surface area contributed by atoms with Crippen molar-refractivity contribution in [1.82, 2.24) is 5.32 Å². The summed E-state index contributed by atoms with van der Waals surface area (Å²) in [5, 5.41) is 6.65. The SMILES string of the molecule is COc1cc(C)c(Cl)c(C)c1NC(=O)C1CNC1. The lowest BCUT2D eigenvalue weighted by Crippen LogP contribution is -2.48. The molecule has 0 bridgehead atoms. The highest BCUT2D eigenvalue weighted by Gasteiger charge is 2.26. The Morgan fingerprint density at radius 2 is 2.17 bits per heavy atom. The van der Waals surface area contributed by atoms with Gasteiger partial charge in [-0.05, 0) is 31.0 Å². The van der Waals surface area contributed by atoms with E-state index in [4.69, 9.17) is 16.3 Å². The molecule has 0 aliphatic carbocycles. The third-order valence-electron chi connectivity index (χ3n) is 3.26. The molecule has 18 heavy (non-hydrogen) atoms. The van der Waals surface area contributed by atoms with Gasteiger partial charge in [-0.15, -0.1) is 0 Å². The van der Waals surface area contributed by atoms with Crippen molar-refractivity contribution in [1.29, 1.82) is 0 Å². The van der Waals surface area contributed by atoms with Crippen molar-refractivity contribution >= 4 is 23.2 Å². The van der Waals surface area contributed by atoms with E-state index in [2.05, 4.69) is 10.6 Å². The number of nitrogens with one attached hydrogen (secondary N) is 2. The second-order valence-electron chi connectivity index (χ2n) is 4.55. The molecule has 1 aliphatic rings. The number of carbonyl (C=O) groups is 1. The van der Waals surface area contributed by atoms with Gasteiger partial charge in [0.05, 0.1) is 18.7 Å². The molecule has 1 aliphatic heterocycles.